The zero-order valence-electron chi connectivity index (χ0n) is 12.3. The van der Waals surface area contributed by atoms with Crippen LogP contribution in [0, 0.1) is 0 Å². The Morgan fingerprint density at radius 3 is 2.65 bits per heavy atom. The molecule has 0 aromatic carbocycles. The molecule has 1 N–H and O–H groups in total. The van der Waals surface area contributed by atoms with Crippen molar-refractivity contribution in [1.82, 2.24) is 15.2 Å². The van der Waals surface area contributed by atoms with Crippen LogP contribution in [0.25, 0.3) is 0 Å². The van der Waals surface area contributed by atoms with E-state index in [0.29, 0.717) is 6.10 Å². The average Bonchev–Trinajstić information content (AvgIpc) is 3.31. The number of ether oxygens (including phenoxy) is 1. The van der Waals surface area contributed by atoms with Gasteiger partial charge in [0.1, 0.15) is 0 Å². The van der Waals surface area contributed by atoms with Crippen molar-refractivity contribution in [3.8, 4) is 0 Å². The minimum Gasteiger partial charge on any atom is -0.381 e. The molecule has 4 nitrogen and oxygen atoms in total. The highest BCUT2D eigenvalue weighted by atomic mass is 16.5. The molecular weight excluding hydrogens is 250 g/mol. The quantitative estimate of drug-likeness (QED) is 0.861. The average molecular weight is 275 g/mol. The molecule has 1 aliphatic heterocycles. The standard InChI is InChI=1S/C16H25N3O/c1-20-16-7-9-19(10-8-16)12-15-4-2-3-14(18-15)11-17-13-5-6-13/h2-4,13,16-17H,5-12H2,1H3. The lowest BCUT2D eigenvalue weighted by molar-refractivity contribution is 0.0385. The zero-order chi connectivity index (χ0) is 13.8. The summed E-state index contributed by atoms with van der Waals surface area (Å²) in [4.78, 5) is 7.25. The second-order valence-corrected chi connectivity index (χ2v) is 5.99. The Bertz CT molecular complexity index is 425. The molecule has 1 saturated carbocycles. The van der Waals surface area contributed by atoms with Crippen LogP contribution >= 0.6 is 0 Å². The van der Waals surface area contributed by atoms with Gasteiger partial charge in [0.2, 0.25) is 0 Å². The number of methoxy groups -OCH3 is 1. The van der Waals surface area contributed by atoms with E-state index in [-0.39, 0.29) is 0 Å². The van der Waals surface area contributed by atoms with Crippen LogP contribution in [0.4, 0.5) is 0 Å². The molecule has 0 amide bonds. The van der Waals surface area contributed by atoms with Crippen LogP contribution in [0.1, 0.15) is 37.1 Å². The first-order valence-electron chi connectivity index (χ1n) is 7.77. The van der Waals surface area contributed by atoms with Crippen LogP contribution in [0.3, 0.4) is 0 Å². The molecule has 20 heavy (non-hydrogen) atoms. The molecule has 2 heterocycles. The van der Waals surface area contributed by atoms with Crippen molar-refractivity contribution in [2.45, 2.75) is 50.9 Å². The van der Waals surface area contributed by atoms with E-state index in [1.54, 1.807) is 0 Å². The number of hydrogen-bond donors (Lipinski definition) is 1. The summed E-state index contributed by atoms with van der Waals surface area (Å²) in [6.07, 6.45) is 5.38. The maximum Gasteiger partial charge on any atom is 0.0595 e. The molecule has 1 saturated heterocycles. The van der Waals surface area contributed by atoms with E-state index in [1.807, 2.05) is 7.11 Å². The van der Waals surface area contributed by atoms with Gasteiger partial charge in [-0.25, -0.2) is 0 Å². The van der Waals surface area contributed by atoms with Gasteiger partial charge in [-0.1, -0.05) is 6.07 Å². The van der Waals surface area contributed by atoms with Crippen molar-refractivity contribution >= 4 is 0 Å². The fourth-order valence-corrected chi connectivity index (χ4v) is 2.78. The number of likely N-dealkylation sites (tertiary alicyclic amines) is 1. The summed E-state index contributed by atoms with van der Waals surface area (Å²) >= 11 is 0. The SMILES string of the molecule is COC1CCN(Cc2cccc(CNC3CC3)n2)CC1. The lowest BCUT2D eigenvalue weighted by Gasteiger charge is -2.30. The minimum absolute atomic E-state index is 0.452. The molecule has 110 valence electrons. The molecule has 3 rings (SSSR count). The van der Waals surface area contributed by atoms with Gasteiger partial charge < -0.3 is 10.1 Å². The first-order chi connectivity index (χ1) is 9.83. The maximum atomic E-state index is 5.42. The van der Waals surface area contributed by atoms with Crippen molar-refractivity contribution < 1.29 is 4.74 Å². The van der Waals surface area contributed by atoms with Crippen molar-refractivity contribution in [3.05, 3.63) is 29.6 Å². The summed E-state index contributed by atoms with van der Waals surface area (Å²) in [7, 11) is 1.82. The number of rotatable bonds is 6. The van der Waals surface area contributed by atoms with Gasteiger partial charge >= 0.3 is 0 Å². The molecule has 0 spiro atoms. The number of hydrogen-bond acceptors (Lipinski definition) is 4. The summed E-state index contributed by atoms with van der Waals surface area (Å²) in [6.45, 7) is 4.10. The predicted molar refractivity (Wildman–Crippen MR) is 79.4 cm³/mol. The van der Waals surface area contributed by atoms with E-state index < -0.39 is 0 Å². The van der Waals surface area contributed by atoms with Gasteiger partial charge in [-0.2, -0.15) is 0 Å². The summed E-state index contributed by atoms with van der Waals surface area (Å²) in [5.41, 5.74) is 2.36. The lowest BCUT2D eigenvalue weighted by atomic mass is 10.1. The fraction of sp³-hybridized carbons (Fsp3) is 0.688. The van der Waals surface area contributed by atoms with E-state index in [4.69, 9.17) is 9.72 Å². The van der Waals surface area contributed by atoms with Gasteiger partial charge in [0.05, 0.1) is 17.5 Å². The minimum atomic E-state index is 0.452. The van der Waals surface area contributed by atoms with Gasteiger partial charge in [-0.3, -0.25) is 9.88 Å². The van der Waals surface area contributed by atoms with Crippen LogP contribution in [-0.4, -0.2) is 42.2 Å². The highest BCUT2D eigenvalue weighted by Gasteiger charge is 2.21. The third-order valence-corrected chi connectivity index (χ3v) is 4.27. The number of nitrogens with one attached hydrogen (secondary N) is 1. The van der Waals surface area contributed by atoms with Crippen molar-refractivity contribution in [2.24, 2.45) is 0 Å². The molecule has 2 aliphatic rings. The van der Waals surface area contributed by atoms with E-state index in [1.165, 1.54) is 24.2 Å². The smallest absolute Gasteiger partial charge is 0.0595 e. The Morgan fingerprint density at radius 2 is 1.95 bits per heavy atom. The number of piperidine rings is 1. The molecular formula is C16H25N3O. The molecule has 0 unspecified atom stereocenters. The summed E-state index contributed by atoms with van der Waals surface area (Å²) in [5, 5.41) is 3.52. The number of nitrogens with zero attached hydrogens (tertiary/aromatic N) is 2. The molecule has 0 radical (unpaired) electrons. The molecule has 0 bridgehead atoms. The van der Waals surface area contributed by atoms with Crippen molar-refractivity contribution in [1.29, 1.82) is 0 Å². The normalized spacial score (nSPS) is 21.2. The van der Waals surface area contributed by atoms with Crippen molar-refractivity contribution in [3.63, 3.8) is 0 Å². The number of aromatic nitrogens is 1. The zero-order valence-corrected chi connectivity index (χ0v) is 12.3. The first-order valence-corrected chi connectivity index (χ1v) is 7.77. The molecule has 1 aromatic heterocycles. The van der Waals surface area contributed by atoms with Gasteiger partial charge in [-0.15, -0.1) is 0 Å². The van der Waals surface area contributed by atoms with Crippen molar-refractivity contribution in [2.75, 3.05) is 20.2 Å². The molecule has 0 atom stereocenters. The van der Waals surface area contributed by atoms with Gasteiger partial charge in [0, 0.05) is 39.3 Å². The number of pyridine rings is 1. The van der Waals surface area contributed by atoms with Crippen LogP contribution in [-0.2, 0) is 17.8 Å². The Morgan fingerprint density at radius 1 is 1.20 bits per heavy atom. The maximum absolute atomic E-state index is 5.42. The third kappa shape index (κ3) is 4.01. The van der Waals surface area contributed by atoms with E-state index in [0.717, 1.165) is 45.1 Å². The first kappa shape index (κ1) is 14.0. The Kier molecular flexibility index (Phi) is 4.65. The monoisotopic (exact) mass is 275 g/mol. The highest BCUT2D eigenvalue weighted by molar-refractivity contribution is 5.11. The van der Waals surface area contributed by atoms with Crippen LogP contribution in [0.15, 0.2) is 18.2 Å². The highest BCUT2D eigenvalue weighted by Crippen LogP contribution is 2.19. The van der Waals surface area contributed by atoms with Crippen LogP contribution in [0.5, 0.6) is 0 Å². The van der Waals surface area contributed by atoms with E-state index >= 15 is 0 Å². The molecule has 1 aliphatic carbocycles. The Balaban J connectivity index is 1.50. The van der Waals surface area contributed by atoms with Crippen LogP contribution in [0.2, 0.25) is 0 Å². The van der Waals surface area contributed by atoms with Gasteiger partial charge in [0.25, 0.3) is 0 Å². The molecule has 2 fully saturated rings. The fourth-order valence-electron chi connectivity index (χ4n) is 2.78. The van der Waals surface area contributed by atoms with E-state index in [9.17, 15) is 0 Å². The largest absolute Gasteiger partial charge is 0.381 e. The second-order valence-electron chi connectivity index (χ2n) is 5.99. The van der Waals surface area contributed by atoms with Gasteiger partial charge in [-0.05, 0) is 37.8 Å². The summed E-state index contributed by atoms with van der Waals surface area (Å²) < 4.78 is 5.42. The lowest BCUT2D eigenvalue weighted by Crippen LogP contribution is -2.36. The topological polar surface area (TPSA) is 37.4 Å². The Hall–Kier alpha value is -0.970. The summed E-state index contributed by atoms with van der Waals surface area (Å²) in [5.74, 6) is 0. The van der Waals surface area contributed by atoms with Crippen LogP contribution < -0.4 is 5.32 Å². The van der Waals surface area contributed by atoms with E-state index in [2.05, 4.69) is 28.4 Å². The molecule has 1 aromatic rings. The summed E-state index contributed by atoms with van der Waals surface area (Å²) in [6, 6.07) is 7.14. The third-order valence-electron chi connectivity index (χ3n) is 4.27. The Labute approximate surface area is 121 Å². The predicted octanol–water partition coefficient (Wildman–Crippen LogP) is 1.94. The molecule has 4 heteroatoms. The second kappa shape index (κ2) is 6.66. The van der Waals surface area contributed by atoms with Gasteiger partial charge in [0.15, 0.2) is 0 Å².